The summed E-state index contributed by atoms with van der Waals surface area (Å²) in [5.74, 6) is 0.950. The number of nitrogens with one attached hydrogen (secondary N) is 1. The average molecular weight is 340 g/mol. The molecule has 23 heavy (non-hydrogen) atoms. The minimum absolute atomic E-state index is 0.545. The van der Waals surface area contributed by atoms with Crippen molar-refractivity contribution in [3.8, 4) is 0 Å². The topological polar surface area (TPSA) is 43.8 Å². The van der Waals surface area contributed by atoms with Gasteiger partial charge in [-0.25, -0.2) is 4.98 Å². The molecule has 1 rings (SSSR count). The van der Waals surface area contributed by atoms with E-state index in [0.29, 0.717) is 12.1 Å². The van der Waals surface area contributed by atoms with Gasteiger partial charge in [0.1, 0.15) is 0 Å². The Morgan fingerprint density at radius 2 is 1.96 bits per heavy atom. The van der Waals surface area contributed by atoms with Gasteiger partial charge in [-0.2, -0.15) is 0 Å². The predicted molar refractivity (Wildman–Crippen MR) is 101 cm³/mol. The highest BCUT2D eigenvalue weighted by atomic mass is 32.1. The molecule has 1 N–H and O–H groups in total. The number of thiazole rings is 1. The molecule has 0 saturated carbocycles. The molecule has 0 amide bonds. The zero-order valence-electron chi connectivity index (χ0n) is 15.8. The number of rotatable bonds is 8. The molecule has 0 bridgehead atoms. The second kappa shape index (κ2) is 9.88. The Morgan fingerprint density at radius 1 is 1.30 bits per heavy atom. The first-order chi connectivity index (χ1) is 10.8. The normalized spacial score (nSPS) is 12.5. The van der Waals surface area contributed by atoms with E-state index in [-0.39, 0.29) is 0 Å². The fourth-order valence-electron chi connectivity index (χ4n) is 2.65. The predicted octanol–water partition coefficient (Wildman–Crippen LogP) is 2.97. The van der Waals surface area contributed by atoms with E-state index in [1.807, 2.05) is 6.92 Å². The van der Waals surface area contributed by atoms with Crippen molar-refractivity contribution in [2.75, 3.05) is 26.7 Å². The largest absolute Gasteiger partial charge is 0.357 e. The van der Waals surface area contributed by atoms with Crippen LogP contribution < -0.4 is 5.32 Å². The van der Waals surface area contributed by atoms with E-state index >= 15 is 0 Å². The van der Waals surface area contributed by atoms with E-state index in [9.17, 15) is 0 Å². The van der Waals surface area contributed by atoms with Crippen LogP contribution in [0.15, 0.2) is 10.4 Å². The summed E-state index contributed by atoms with van der Waals surface area (Å²) in [5.41, 5.74) is 1.10. The maximum Gasteiger partial charge on any atom is 0.194 e. The lowest BCUT2D eigenvalue weighted by Gasteiger charge is -2.30. The van der Waals surface area contributed by atoms with Gasteiger partial charge in [0, 0.05) is 37.6 Å². The first-order valence-electron chi connectivity index (χ1n) is 8.51. The van der Waals surface area contributed by atoms with E-state index in [4.69, 9.17) is 4.99 Å². The van der Waals surface area contributed by atoms with Crippen molar-refractivity contribution in [1.82, 2.24) is 20.1 Å². The Labute approximate surface area is 145 Å². The van der Waals surface area contributed by atoms with E-state index < -0.39 is 0 Å². The zero-order valence-corrected chi connectivity index (χ0v) is 16.6. The van der Waals surface area contributed by atoms with Crippen LogP contribution in [-0.4, -0.2) is 59.5 Å². The monoisotopic (exact) mass is 339 g/mol. The molecule has 1 aromatic rings. The molecule has 0 atom stereocenters. The van der Waals surface area contributed by atoms with E-state index in [0.717, 1.165) is 42.8 Å². The minimum Gasteiger partial charge on any atom is -0.357 e. The van der Waals surface area contributed by atoms with Crippen molar-refractivity contribution in [1.29, 1.82) is 0 Å². The van der Waals surface area contributed by atoms with Crippen LogP contribution in [0.5, 0.6) is 0 Å². The van der Waals surface area contributed by atoms with Gasteiger partial charge in [-0.3, -0.25) is 9.89 Å². The standard InChI is InChI=1S/C17H33N5S/c1-8-18-17(19-9-10-22(13(2)3)14(4)5)21(7)11-16-12-23-15(6)20-16/h12-14H,8-11H2,1-7H3,(H,18,19). The van der Waals surface area contributed by atoms with E-state index in [1.54, 1.807) is 11.3 Å². The molecule has 0 aromatic carbocycles. The maximum atomic E-state index is 4.79. The smallest absolute Gasteiger partial charge is 0.194 e. The summed E-state index contributed by atoms with van der Waals surface area (Å²) in [6, 6.07) is 1.09. The summed E-state index contributed by atoms with van der Waals surface area (Å²) >= 11 is 1.69. The van der Waals surface area contributed by atoms with Gasteiger partial charge in [-0.05, 0) is 41.5 Å². The Morgan fingerprint density at radius 3 is 2.43 bits per heavy atom. The summed E-state index contributed by atoms with van der Waals surface area (Å²) in [6.07, 6.45) is 0. The molecular weight excluding hydrogens is 306 g/mol. The highest BCUT2D eigenvalue weighted by molar-refractivity contribution is 7.09. The Balaban J connectivity index is 2.64. The first kappa shape index (κ1) is 19.9. The summed E-state index contributed by atoms with van der Waals surface area (Å²) in [6.45, 7) is 16.6. The van der Waals surface area contributed by atoms with Gasteiger partial charge in [-0.15, -0.1) is 11.3 Å². The van der Waals surface area contributed by atoms with Crippen molar-refractivity contribution in [2.45, 2.75) is 60.2 Å². The number of aryl methyl sites for hydroxylation is 1. The third-order valence-electron chi connectivity index (χ3n) is 3.71. The van der Waals surface area contributed by atoms with Gasteiger partial charge >= 0.3 is 0 Å². The van der Waals surface area contributed by atoms with E-state index in [2.05, 4.69) is 67.1 Å². The molecule has 1 heterocycles. The highest BCUT2D eigenvalue weighted by Gasteiger charge is 2.13. The Kier molecular flexibility index (Phi) is 8.55. The van der Waals surface area contributed by atoms with Crippen LogP contribution in [0.25, 0.3) is 0 Å². The van der Waals surface area contributed by atoms with Crippen molar-refractivity contribution >= 4 is 17.3 Å². The minimum atomic E-state index is 0.545. The fourth-order valence-corrected chi connectivity index (χ4v) is 3.26. The second-order valence-electron chi connectivity index (χ2n) is 6.37. The Hall–Kier alpha value is -1.14. The lowest BCUT2D eigenvalue weighted by molar-refractivity contribution is 0.180. The molecule has 6 heteroatoms. The van der Waals surface area contributed by atoms with Gasteiger partial charge in [-0.1, -0.05) is 0 Å². The van der Waals surface area contributed by atoms with Crippen molar-refractivity contribution in [3.05, 3.63) is 16.1 Å². The molecular formula is C17H33N5S. The van der Waals surface area contributed by atoms with Gasteiger partial charge in [0.2, 0.25) is 0 Å². The van der Waals surface area contributed by atoms with E-state index in [1.165, 1.54) is 0 Å². The molecule has 132 valence electrons. The maximum absolute atomic E-state index is 4.79. The third kappa shape index (κ3) is 6.87. The van der Waals surface area contributed by atoms with Crippen LogP contribution in [0.2, 0.25) is 0 Å². The number of aromatic nitrogens is 1. The lowest BCUT2D eigenvalue weighted by atomic mass is 10.2. The lowest BCUT2D eigenvalue weighted by Crippen LogP contribution is -2.41. The van der Waals surface area contributed by atoms with Gasteiger partial charge in [0.25, 0.3) is 0 Å². The van der Waals surface area contributed by atoms with Gasteiger partial charge in [0.05, 0.1) is 23.8 Å². The van der Waals surface area contributed by atoms with Crippen LogP contribution in [0.3, 0.4) is 0 Å². The highest BCUT2D eigenvalue weighted by Crippen LogP contribution is 2.10. The molecule has 0 saturated heterocycles. The van der Waals surface area contributed by atoms with Gasteiger partial charge in [0.15, 0.2) is 5.96 Å². The summed E-state index contributed by atoms with van der Waals surface area (Å²) in [7, 11) is 2.07. The fraction of sp³-hybridized carbons (Fsp3) is 0.765. The molecule has 0 fully saturated rings. The zero-order chi connectivity index (χ0) is 17.4. The number of aliphatic imine (C=N–C) groups is 1. The number of hydrogen-bond donors (Lipinski definition) is 1. The summed E-state index contributed by atoms with van der Waals surface area (Å²) < 4.78 is 0. The quantitative estimate of drug-likeness (QED) is 0.584. The molecule has 1 aromatic heterocycles. The molecule has 0 aliphatic carbocycles. The van der Waals surface area contributed by atoms with Crippen LogP contribution in [0.4, 0.5) is 0 Å². The molecule has 0 aliphatic rings. The third-order valence-corrected chi connectivity index (χ3v) is 4.53. The number of nitrogens with zero attached hydrogens (tertiary/aromatic N) is 4. The number of hydrogen-bond acceptors (Lipinski definition) is 4. The summed E-state index contributed by atoms with van der Waals surface area (Å²) in [5, 5.41) is 6.61. The van der Waals surface area contributed by atoms with Crippen molar-refractivity contribution in [2.24, 2.45) is 4.99 Å². The van der Waals surface area contributed by atoms with Crippen molar-refractivity contribution < 1.29 is 0 Å². The summed E-state index contributed by atoms with van der Waals surface area (Å²) in [4.78, 5) is 13.9. The van der Waals surface area contributed by atoms with Crippen LogP contribution >= 0.6 is 11.3 Å². The Bertz CT molecular complexity index is 473. The van der Waals surface area contributed by atoms with Crippen LogP contribution in [0, 0.1) is 6.92 Å². The second-order valence-corrected chi connectivity index (χ2v) is 7.44. The van der Waals surface area contributed by atoms with Crippen molar-refractivity contribution in [3.63, 3.8) is 0 Å². The molecule has 0 radical (unpaired) electrons. The average Bonchev–Trinajstić information content (AvgIpc) is 2.86. The molecule has 0 unspecified atom stereocenters. The van der Waals surface area contributed by atoms with Crippen LogP contribution in [-0.2, 0) is 6.54 Å². The molecule has 5 nitrogen and oxygen atoms in total. The van der Waals surface area contributed by atoms with Crippen LogP contribution in [0.1, 0.15) is 45.3 Å². The molecule has 0 aliphatic heterocycles. The molecule has 0 spiro atoms. The number of guanidine groups is 1. The first-order valence-corrected chi connectivity index (χ1v) is 9.39. The van der Waals surface area contributed by atoms with Gasteiger partial charge < -0.3 is 10.2 Å². The SMILES string of the molecule is CCNC(=NCCN(C(C)C)C(C)C)N(C)Cc1csc(C)n1.